The minimum Gasteiger partial charge on any atom is -0.481 e. The molecule has 0 heterocycles. The van der Waals surface area contributed by atoms with Gasteiger partial charge in [0.05, 0.1) is 12.0 Å². The molecule has 3 nitrogen and oxygen atoms in total. The molecule has 80 valence electrons. The van der Waals surface area contributed by atoms with Gasteiger partial charge < -0.3 is 10.8 Å². The Hall–Kier alpha value is -1.35. The van der Waals surface area contributed by atoms with Crippen LogP contribution in [0.1, 0.15) is 30.4 Å². The molecular formula is C12H15NO2. The highest BCUT2D eigenvalue weighted by Gasteiger charge is 2.34. The minimum absolute atomic E-state index is 0.0179. The molecule has 1 aliphatic rings. The highest BCUT2D eigenvalue weighted by molar-refractivity contribution is 5.69. The van der Waals surface area contributed by atoms with Gasteiger partial charge in [-0.05, 0) is 30.4 Å². The van der Waals surface area contributed by atoms with Gasteiger partial charge in [0.25, 0.3) is 0 Å². The lowest BCUT2D eigenvalue weighted by Crippen LogP contribution is -2.41. The summed E-state index contributed by atoms with van der Waals surface area (Å²) in [5, 5.41) is 8.88. The number of fused-ring (bicyclic) bond motifs is 1. The zero-order valence-corrected chi connectivity index (χ0v) is 8.57. The number of aliphatic carboxylic acids is 1. The number of rotatable bonds is 2. The van der Waals surface area contributed by atoms with Crippen LogP contribution in [0.15, 0.2) is 24.3 Å². The lowest BCUT2D eigenvalue weighted by molar-refractivity contribution is -0.138. The van der Waals surface area contributed by atoms with E-state index in [9.17, 15) is 4.79 Å². The van der Waals surface area contributed by atoms with Crippen molar-refractivity contribution < 1.29 is 9.90 Å². The Morgan fingerprint density at radius 3 is 2.93 bits per heavy atom. The van der Waals surface area contributed by atoms with Crippen LogP contribution in [0.3, 0.4) is 0 Å². The fraction of sp³-hybridized carbons (Fsp3) is 0.417. The summed E-state index contributed by atoms with van der Waals surface area (Å²) in [5.41, 5.74) is 7.74. The Balaban J connectivity index is 2.40. The molecule has 1 atom stereocenters. The Morgan fingerprint density at radius 2 is 2.20 bits per heavy atom. The second kappa shape index (κ2) is 3.66. The third-order valence-corrected chi connectivity index (χ3v) is 3.09. The number of nitrogens with two attached hydrogens (primary N) is 1. The zero-order chi connectivity index (χ0) is 10.9. The molecule has 3 heteroatoms. The van der Waals surface area contributed by atoms with Gasteiger partial charge in [-0.3, -0.25) is 4.79 Å². The van der Waals surface area contributed by atoms with Gasteiger partial charge in [-0.15, -0.1) is 0 Å². The summed E-state index contributed by atoms with van der Waals surface area (Å²) in [6, 6.07) is 7.90. The molecule has 0 saturated heterocycles. The first-order chi connectivity index (χ1) is 7.12. The highest BCUT2D eigenvalue weighted by Crippen LogP contribution is 2.35. The van der Waals surface area contributed by atoms with Crippen LogP contribution in [0, 0.1) is 0 Å². The van der Waals surface area contributed by atoms with E-state index < -0.39 is 11.5 Å². The quantitative estimate of drug-likeness (QED) is 0.771. The summed E-state index contributed by atoms with van der Waals surface area (Å²) in [6.45, 7) is 0. The van der Waals surface area contributed by atoms with E-state index in [4.69, 9.17) is 10.8 Å². The molecule has 1 aromatic rings. The molecule has 0 saturated carbocycles. The van der Waals surface area contributed by atoms with E-state index in [-0.39, 0.29) is 6.42 Å². The van der Waals surface area contributed by atoms with E-state index in [0.717, 1.165) is 24.8 Å². The van der Waals surface area contributed by atoms with Gasteiger partial charge in [0.15, 0.2) is 0 Å². The Morgan fingerprint density at radius 1 is 1.47 bits per heavy atom. The molecule has 0 aromatic heterocycles. The number of hydrogen-bond donors (Lipinski definition) is 2. The van der Waals surface area contributed by atoms with Crippen LogP contribution in [0.5, 0.6) is 0 Å². The standard InChI is InChI=1S/C12H15NO2/c13-12(8-11(14)15)7-3-5-9-4-1-2-6-10(9)12/h1-2,4,6H,3,5,7-8,13H2,(H,14,15)/t12-/m0/s1. The van der Waals surface area contributed by atoms with Crippen molar-refractivity contribution in [2.24, 2.45) is 5.73 Å². The third kappa shape index (κ3) is 1.88. The Bertz CT molecular complexity index is 389. The van der Waals surface area contributed by atoms with Crippen LogP contribution in [-0.4, -0.2) is 11.1 Å². The van der Waals surface area contributed by atoms with Crippen molar-refractivity contribution >= 4 is 5.97 Å². The first kappa shape index (κ1) is 10.2. The van der Waals surface area contributed by atoms with E-state index in [2.05, 4.69) is 0 Å². The molecule has 15 heavy (non-hydrogen) atoms. The fourth-order valence-corrected chi connectivity index (χ4v) is 2.41. The van der Waals surface area contributed by atoms with Gasteiger partial charge in [0.1, 0.15) is 0 Å². The van der Waals surface area contributed by atoms with Crippen LogP contribution >= 0.6 is 0 Å². The second-order valence-corrected chi connectivity index (χ2v) is 4.24. The molecule has 1 aromatic carbocycles. The van der Waals surface area contributed by atoms with Crippen LogP contribution in [0.25, 0.3) is 0 Å². The van der Waals surface area contributed by atoms with Gasteiger partial charge in [-0.1, -0.05) is 24.3 Å². The molecule has 0 spiro atoms. The summed E-state index contributed by atoms with van der Waals surface area (Å²) < 4.78 is 0. The lowest BCUT2D eigenvalue weighted by atomic mass is 9.75. The topological polar surface area (TPSA) is 63.3 Å². The number of carboxylic acid groups (broad SMARTS) is 1. The van der Waals surface area contributed by atoms with Gasteiger partial charge in [-0.2, -0.15) is 0 Å². The molecule has 0 amide bonds. The predicted octanol–water partition coefficient (Wildman–Crippen LogP) is 1.65. The first-order valence-electron chi connectivity index (χ1n) is 5.21. The summed E-state index contributed by atoms with van der Waals surface area (Å²) >= 11 is 0. The summed E-state index contributed by atoms with van der Waals surface area (Å²) in [6.07, 6.45) is 2.76. The predicted molar refractivity (Wildman–Crippen MR) is 57.5 cm³/mol. The largest absolute Gasteiger partial charge is 0.481 e. The van der Waals surface area contributed by atoms with Gasteiger partial charge in [0.2, 0.25) is 0 Å². The Labute approximate surface area is 88.9 Å². The average Bonchev–Trinajstić information content (AvgIpc) is 2.17. The maximum absolute atomic E-state index is 10.8. The lowest BCUT2D eigenvalue weighted by Gasteiger charge is -2.34. The zero-order valence-electron chi connectivity index (χ0n) is 8.57. The van der Waals surface area contributed by atoms with Crippen molar-refractivity contribution in [1.82, 2.24) is 0 Å². The molecule has 0 aliphatic heterocycles. The molecule has 0 fully saturated rings. The number of hydrogen-bond acceptors (Lipinski definition) is 2. The molecule has 3 N–H and O–H groups in total. The monoisotopic (exact) mass is 205 g/mol. The average molecular weight is 205 g/mol. The van der Waals surface area contributed by atoms with Crippen molar-refractivity contribution in [3.8, 4) is 0 Å². The molecular weight excluding hydrogens is 190 g/mol. The maximum atomic E-state index is 10.8. The number of aryl methyl sites for hydroxylation is 1. The normalized spacial score (nSPS) is 24.6. The number of carbonyl (C=O) groups is 1. The maximum Gasteiger partial charge on any atom is 0.305 e. The number of carboxylic acids is 1. The summed E-state index contributed by atoms with van der Waals surface area (Å²) in [4.78, 5) is 10.8. The Kier molecular flexibility index (Phi) is 2.49. The van der Waals surface area contributed by atoms with Gasteiger partial charge in [-0.25, -0.2) is 0 Å². The van der Waals surface area contributed by atoms with Crippen LogP contribution in [0.2, 0.25) is 0 Å². The fourth-order valence-electron chi connectivity index (χ4n) is 2.41. The molecule has 1 aliphatic carbocycles. The molecule has 2 rings (SSSR count). The van der Waals surface area contributed by atoms with Crippen molar-refractivity contribution in [1.29, 1.82) is 0 Å². The van der Waals surface area contributed by atoms with Gasteiger partial charge >= 0.3 is 5.97 Å². The van der Waals surface area contributed by atoms with E-state index in [0.29, 0.717) is 0 Å². The third-order valence-electron chi connectivity index (χ3n) is 3.09. The summed E-state index contributed by atoms with van der Waals surface area (Å²) in [7, 11) is 0. The van der Waals surface area contributed by atoms with E-state index >= 15 is 0 Å². The smallest absolute Gasteiger partial charge is 0.305 e. The molecule has 0 radical (unpaired) electrons. The van der Waals surface area contributed by atoms with E-state index in [1.807, 2.05) is 24.3 Å². The van der Waals surface area contributed by atoms with Crippen molar-refractivity contribution in [3.05, 3.63) is 35.4 Å². The van der Waals surface area contributed by atoms with E-state index in [1.54, 1.807) is 0 Å². The van der Waals surface area contributed by atoms with Crippen LogP contribution in [-0.2, 0) is 16.8 Å². The van der Waals surface area contributed by atoms with Gasteiger partial charge in [0, 0.05) is 0 Å². The first-order valence-corrected chi connectivity index (χ1v) is 5.21. The minimum atomic E-state index is -0.825. The summed E-state index contributed by atoms with van der Waals surface area (Å²) in [5.74, 6) is -0.825. The van der Waals surface area contributed by atoms with E-state index in [1.165, 1.54) is 5.56 Å². The second-order valence-electron chi connectivity index (χ2n) is 4.24. The van der Waals surface area contributed by atoms with Crippen molar-refractivity contribution in [2.75, 3.05) is 0 Å². The molecule has 0 unspecified atom stereocenters. The number of benzene rings is 1. The van der Waals surface area contributed by atoms with Crippen molar-refractivity contribution in [3.63, 3.8) is 0 Å². The SMILES string of the molecule is N[C@]1(CC(=O)O)CCCc2ccccc21. The van der Waals surface area contributed by atoms with Crippen molar-refractivity contribution in [2.45, 2.75) is 31.2 Å². The van der Waals surface area contributed by atoms with Crippen LogP contribution in [0.4, 0.5) is 0 Å². The molecule has 0 bridgehead atoms. The van der Waals surface area contributed by atoms with Crippen LogP contribution < -0.4 is 5.73 Å². The highest BCUT2D eigenvalue weighted by atomic mass is 16.4.